The molecule has 0 heterocycles. The molecule has 0 unspecified atom stereocenters. The van der Waals surface area contributed by atoms with E-state index in [0.717, 1.165) is 28.0 Å². The molecule has 4 nitrogen and oxygen atoms in total. The number of hydrogen-bond donors (Lipinski definition) is 1. The van der Waals surface area contributed by atoms with Gasteiger partial charge < -0.3 is 14.8 Å². The van der Waals surface area contributed by atoms with Crippen molar-refractivity contribution >= 4 is 17.2 Å². The molecule has 0 bridgehead atoms. The van der Waals surface area contributed by atoms with Gasteiger partial charge in [0.15, 0.2) is 0 Å². The molecule has 2 aromatic rings. The minimum Gasteiger partial charge on any atom is -0.497 e. The van der Waals surface area contributed by atoms with Crippen molar-refractivity contribution in [1.29, 1.82) is 0 Å². The molecule has 0 aliphatic rings. The Morgan fingerprint density at radius 2 is 1.79 bits per heavy atom. The van der Waals surface area contributed by atoms with Crippen LogP contribution >= 0.6 is 0 Å². The first-order valence-corrected chi connectivity index (χ1v) is 7.73. The third-order valence-electron chi connectivity index (χ3n) is 3.83. The average molecular weight is 325 g/mol. The summed E-state index contributed by atoms with van der Waals surface area (Å²) in [5.74, 6) is 1.21. The molecule has 1 amide bonds. The van der Waals surface area contributed by atoms with Crippen LogP contribution in [0.1, 0.15) is 23.6 Å². The van der Waals surface area contributed by atoms with Crippen LogP contribution in [0.25, 0.3) is 5.57 Å². The molecule has 126 valence electrons. The predicted octanol–water partition coefficient (Wildman–Crippen LogP) is 4.36. The molecule has 0 aliphatic heterocycles. The largest absolute Gasteiger partial charge is 0.497 e. The van der Waals surface area contributed by atoms with Crippen LogP contribution < -0.4 is 14.8 Å². The summed E-state index contributed by atoms with van der Waals surface area (Å²) in [5, 5.41) is 2.93. The van der Waals surface area contributed by atoms with E-state index in [0.29, 0.717) is 11.5 Å². The first-order chi connectivity index (χ1) is 11.4. The highest BCUT2D eigenvalue weighted by atomic mass is 16.5. The first kappa shape index (κ1) is 17.6. The molecular weight excluding hydrogens is 302 g/mol. The van der Waals surface area contributed by atoms with Crippen LogP contribution in [0.3, 0.4) is 0 Å². The Kier molecular flexibility index (Phi) is 5.64. The van der Waals surface area contributed by atoms with Gasteiger partial charge in [0, 0.05) is 23.4 Å². The zero-order valence-corrected chi connectivity index (χ0v) is 14.8. The number of hydrogen-bond acceptors (Lipinski definition) is 3. The number of benzene rings is 2. The van der Waals surface area contributed by atoms with Crippen molar-refractivity contribution in [3.05, 3.63) is 59.2 Å². The monoisotopic (exact) mass is 325 g/mol. The highest BCUT2D eigenvalue weighted by Gasteiger charge is 2.09. The van der Waals surface area contributed by atoms with Crippen molar-refractivity contribution in [3.8, 4) is 11.5 Å². The predicted molar refractivity (Wildman–Crippen MR) is 97.7 cm³/mol. The molecule has 0 fully saturated rings. The van der Waals surface area contributed by atoms with Gasteiger partial charge >= 0.3 is 0 Å². The Morgan fingerprint density at radius 1 is 1.04 bits per heavy atom. The van der Waals surface area contributed by atoms with Crippen LogP contribution in [0.4, 0.5) is 5.69 Å². The number of allylic oxidation sites excluding steroid dienone is 1. The minimum atomic E-state index is -0.168. The van der Waals surface area contributed by atoms with Crippen LogP contribution in [0.15, 0.2) is 42.5 Å². The molecule has 2 aromatic carbocycles. The fraction of sp³-hybridized carbons (Fsp3) is 0.250. The summed E-state index contributed by atoms with van der Waals surface area (Å²) in [4.78, 5) is 12.3. The van der Waals surface area contributed by atoms with Crippen LogP contribution in [-0.2, 0) is 4.79 Å². The van der Waals surface area contributed by atoms with E-state index in [4.69, 9.17) is 9.47 Å². The fourth-order valence-corrected chi connectivity index (χ4v) is 2.44. The standard InChI is InChI=1S/C20H23NO3/c1-13-6-7-14(2)18(10-13)21-20(22)11-15(3)17-9-8-16(23-4)12-19(17)24-5/h6-12H,1-5H3,(H,21,22)/b15-11+. The molecule has 24 heavy (non-hydrogen) atoms. The number of methoxy groups -OCH3 is 2. The van der Waals surface area contributed by atoms with Gasteiger partial charge in [-0.05, 0) is 55.7 Å². The molecule has 4 heteroatoms. The van der Waals surface area contributed by atoms with E-state index in [1.54, 1.807) is 26.4 Å². The summed E-state index contributed by atoms with van der Waals surface area (Å²) in [6.07, 6.45) is 1.58. The molecule has 0 aliphatic carbocycles. The SMILES string of the molecule is COc1ccc(/C(C)=C/C(=O)Nc2cc(C)ccc2C)c(OC)c1. The van der Waals surface area contributed by atoms with Gasteiger partial charge in [0.05, 0.1) is 14.2 Å². The topological polar surface area (TPSA) is 47.6 Å². The van der Waals surface area contributed by atoms with Gasteiger partial charge in [0.2, 0.25) is 5.91 Å². The van der Waals surface area contributed by atoms with Gasteiger partial charge in [-0.2, -0.15) is 0 Å². The van der Waals surface area contributed by atoms with Crippen LogP contribution in [-0.4, -0.2) is 20.1 Å². The summed E-state index contributed by atoms with van der Waals surface area (Å²) in [7, 11) is 3.20. The quantitative estimate of drug-likeness (QED) is 0.831. The third-order valence-corrected chi connectivity index (χ3v) is 3.83. The number of amides is 1. The molecular formula is C20H23NO3. The van der Waals surface area contributed by atoms with E-state index in [1.807, 2.05) is 51.1 Å². The Morgan fingerprint density at radius 3 is 2.46 bits per heavy atom. The van der Waals surface area contributed by atoms with E-state index < -0.39 is 0 Å². The van der Waals surface area contributed by atoms with Gasteiger partial charge in [0.25, 0.3) is 0 Å². The normalized spacial score (nSPS) is 11.1. The molecule has 0 saturated carbocycles. The fourth-order valence-electron chi connectivity index (χ4n) is 2.44. The van der Waals surface area contributed by atoms with E-state index in [1.165, 1.54) is 0 Å². The van der Waals surface area contributed by atoms with Gasteiger partial charge in [-0.25, -0.2) is 0 Å². The van der Waals surface area contributed by atoms with Crippen molar-refractivity contribution in [1.82, 2.24) is 0 Å². The number of anilines is 1. The van der Waals surface area contributed by atoms with E-state index >= 15 is 0 Å². The lowest BCUT2D eigenvalue weighted by Crippen LogP contribution is -2.10. The third kappa shape index (κ3) is 4.16. The van der Waals surface area contributed by atoms with Gasteiger partial charge in [-0.1, -0.05) is 12.1 Å². The molecule has 0 saturated heterocycles. The molecule has 0 aromatic heterocycles. The number of carbonyl (C=O) groups is 1. The van der Waals surface area contributed by atoms with Gasteiger partial charge in [-0.3, -0.25) is 4.79 Å². The molecule has 0 atom stereocenters. The summed E-state index contributed by atoms with van der Waals surface area (Å²) < 4.78 is 10.6. The first-order valence-electron chi connectivity index (χ1n) is 7.73. The molecule has 2 rings (SSSR count). The lowest BCUT2D eigenvalue weighted by molar-refractivity contribution is -0.111. The van der Waals surface area contributed by atoms with E-state index in [-0.39, 0.29) is 5.91 Å². The summed E-state index contributed by atoms with van der Waals surface area (Å²) in [6, 6.07) is 11.5. The second kappa shape index (κ2) is 7.68. The van der Waals surface area contributed by atoms with Crippen LogP contribution in [0.2, 0.25) is 0 Å². The summed E-state index contributed by atoms with van der Waals surface area (Å²) in [5.41, 5.74) is 4.63. The van der Waals surface area contributed by atoms with Gasteiger partial charge in [0.1, 0.15) is 11.5 Å². The lowest BCUT2D eigenvalue weighted by Gasteiger charge is -2.11. The molecule has 0 radical (unpaired) electrons. The van der Waals surface area contributed by atoms with Crippen molar-refractivity contribution in [3.63, 3.8) is 0 Å². The highest BCUT2D eigenvalue weighted by Crippen LogP contribution is 2.30. The second-order valence-electron chi connectivity index (χ2n) is 5.70. The van der Waals surface area contributed by atoms with Crippen LogP contribution in [0, 0.1) is 13.8 Å². The number of aryl methyl sites for hydroxylation is 2. The summed E-state index contributed by atoms with van der Waals surface area (Å²) in [6.45, 7) is 5.85. The highest BCUT2D eigenvalue weighted by molar-refractivity contribution is 6.04. The van der Waals surface area contributed by atoms with E-state index in [2.05, 4.69) is 5.32 Å². The number of carbonyl (C=O) groups excluding carboxylic acids is 1. The Balaban J connectivity index is 2.24. The molecule has 1 N–H and O–H groups in total. The van der Waals surface area contributed by atoms with Crippen molar-refractivity contribution < 1.29 is 14.3 Å². The number of rotatable bonds is 5. The average Bonchev–Trinajstić information content (AvgIpc) is 2.57. The van der Waals surface area contributed by atoms with Gasteiger partial charge in [-0.15, -0.1) is 0 Å². The van der Waals surface area contributed by atoms with E-state index in [9.17, 15) is 4.79 Å². The Hall–Kier alpha value is -2.75. The smallest absolute Gasteiger partial charge is 0.248 e. The van der Waals surface area contributed by atoms with Crippen molar-refractivity contribution in [2.45, 2.75) is 20.8 Å². The Bertz CT molecular complexity index is 778. The minimum absolute atomic E-state index is 0.168. The van der Waals surface area contributed by atoms with Crippen molar-refractivity contribution in [2.24, 2.45) is 0 Å². The Labute approximate surface area is 143 Å². The maximum Gasteiger partial charge on any atom is 0.248 e. The van der Waals surface area contributed by atoms with Crippen LogP contribution in [0.5, 0.6) is 11.5 Å². The lowest BCUT2D eigenvalue weighted by atomic mass is 10.1. The number of nitrogens with one attached hydrogen (secondary N) is 1. The maximum absolute atomic E-state index is 12.3. The summed E-state index contributed by atoms with van der Waals surface area (Å²) >= 11 is 0. The number of ether oxygens (including phenoxy) is 2. The zero-order chi connectivity index (χ0) is 17.7. The maximum atomic E-state index is 12.3. The molecule has 0 spiro atoms. The zero-order valence-electron chi connectivity index (χ0n) is 14.8. The van der Waals surface area contributed by atoms with Crippen molar-refractivity contribution in [2.75, 3.05) is 19.5 Å². The second-order valence-corrected chi connectivity index (χ2v) is 5.70.